The Morgan fingerprint density at radius 1 is 0.337 bits per heavy atom. The standard InChI is InChI=1S/C64H124O17P2/c1-9-55(6)41-33-25-16-12-14-18-30-38-46-63(68)80-59(50-74-61(66)44-36-28-22-20-24-32-40-54(4)5)52-78-82(70,71)76-48-58(65)49-77-83(72,73)79-53-60(51-75-62(67)45-37-29-23-21-27-35-43-57(8)11-3)81-64(69)47-39-31-19-15-13-17-26-34-42-56(7)10-2/h54-60,65H,9-53H2,1-8H3,(H,70,71)(H,72,73)/t55?,56?,57?,58-,59-,60-/m1/s1. The molecule has 0 aliphatic rings. The molecule has 0 aliphatic carbocycles. The van der Waals surface area contributed by atoms with Crippen LogP contribution in [0.3, 0.4) is 0 Å². The van der Waals surface area contributed by atoms with Crippen LogP contribution in [0.25, 0.3) is 0 Å². The van der Waals surface area contributed by atoms with Crippen LogP contribution in [0.4, 0.5) is 0 Å². The molecular formula is C64H124O17P2. The van der Waals surface area contributed by atoms with Gasteiger partial charge in [-0.1, -0.05) is 254 Å². The van der Waals surface area contributed by atoms with Gasteiger partial charge in [-0.25, -0.2) is 9.13 Å². The molecule has 17 nitrogen and oxygen atoms in total. The summed E-state index contributed by atoms with van der Waals surface area (Å²) in [6.07, 6.45) is 33.5. The van der Waals surface area contributed by atoms with Crippen LogP contribution in [-0.2, 0) is 65.4 Å². The van der Waals surface area contributed by atoms with Crippen LogP contribution in [0.5, 0.6) is 0 Å². The first kappa shape index (κ1) is 81.1. The summed E-state index contributed by atoms with van der Waals surface area (Å²) in [4.78, 5) is 72.2. The molecule has 0 saturated heterocycles. The Bertz CT molecular complexity index is 1670. The topological polar surface area (TPSA) is 237 Å². The molecule has 0 amide bonds. The summed E-state index contributed by atoms with van der Waals surface area (Å²) in [6, 6.07) is 0. The molecular weight excluding hydrogens is 1100 g/mol. The van der Waals surface area contributed by atoms with E-state index in [-0.39, 0.29) is 25.7 Å². The second kappa shape index (κ2) is 54.2. The number of unbranched alkanes of at least 4 members (excludes halogenated alkanes) is 24. The Kier molecular flexibility index (Phi) is 53.0. The molecule has 0 rings (SSSR count). The van der Waals surface area contributed by atoms with Gasteiger partial charge in [0.15, 0.2) is 12.2 Å². The van der Waals surface area contributed by atoms with Gasteiger partial charge in [0.2, 0.25) is 0 Å². The minimum Gasteiger partial charge on any atom is -0.462 e. The summed E-state index contributed by atoms with van der Waals surface area (Å²) in [5.41, 5.74) is 0. The summed E-state index contributed by atoms with van der Waals surface area (Å²) < 4.78 is 68.0. The summed E-state index contributed by atoms with van der Waals surface area (Å²) in [5, 5.41) is 10.5. The maximum absolute atomic E-state index is 13.0. The fraction of sp³-hybridized carbons (Fsp3) is 0.938. The second-order valence-electron chi connectivity index (χ2n) is 24.4. The molecule has 0 bridgehead atoms. The van der Waals surface area contributed by atoms with Gasteiger partial charge in [0.05, 0.1) is 26.4 Å². The van der Waals surface area contributed by atoms with E-state index in [1.54, 1.807) is 0 Å². The van der Waals surface area contributed by atoms with Crippen LogP contribution < -0.4 is 0 Å². The van der Waals surface area contributed by atoms with Crippen molar-refractivity contribution < 1.29 is 80.2 Å². The zero-order chi connectivity index (χ0) is 61.8. The van der Waals surface area contributed by atoms with E-state index in [2.05, 4.69) is 55.4 Å². The van der Waals surface area contributed by atoms with Crippen molar-refractivity contribution in [1.82, 2.24) is 0 Å². The average Bonchev–Trinajstić information content (AvgIpc) is 3.46. The van der Waals surface area contributed by atoms with Gasteiger partial charge in [0.25, 0.3) is 0 Å². The Labute approximate surface area is 505 Å². The van der Waals surface area contributed by atoms with E-state index < -0.39 is 97.5 Å². The lowest BCUT2D eigenvalue weighted by Gasteiger charge is -2.21. The summed E-state index contributed by atoms with van der Waals surface area (Å²) >= 11 is 0. The fourth-order valence-corrected chi connectivity index (χ4v) is 10.9. The molecule has 0 aromatic rings. The van der Waals surface area contributed by atoms with Crippen molar-refractivity contribution in [2.45, 2.75) is 324 Å². The van der Waals surface area contributed by atoms with Crippen LogP contribution in [-0.4, -0.2) is 96.7 Å². The smallest absolute Gasteiger partial charge is 0.462 e. The highest BCUT2D eigenvalue weighted by Gasteiger charge is 2.30. The highest BCUT2D eigenvalue weighted by molar-refractivity contribution is 7.47. The predicted octanol–water partition coefficient (Wildman–Crippen LogP) is 17.4. The molecule has 0 heterocycles. The minimum absolute atomic E-state index is 0.103. The normalized spacial score (nSPS) is 15.4. The molecule has 0 radical (unpaired) electrons. The van der Waals surface area contributed by atoms with Crippen LogP contribution >= 0.6 is 15.6 Å². The van der Waals surface area contributed by atoms with Gasteiger partial charge in [-0.05, 0) is 49.4 Å². The molecule has 19 heteroatoms. The maximum Gasteiger partial charge on any atom is 0.472 e. The van der Waals surface area contributed by atoms with E-state index >= 15 is 0 Å². The van der Waals surface area contributed by atoms with E-state index in [9.17, 15) is 43.2 Å². The van der Waals surface area contributed by atoms with E-state index in [0.717, 1.165) is 120 Å². The average molecular weight is 1230 g/mol. The van der Waals surface area contributed by atoms with E-state index in [0.29, 0.717) is 31.6 Å². The van der Waals surface area contributed by atoms with Gasteiger partial charge in [-0.2, -0.15) is 0 Å². The Morgan fingerprint density at radius 3 is 0.855 bits per heavy atom. The predicted molar refractivity (Wildman–Crippen MR) is 331 cm³/mol. The molecule has 8 atom stereocenters. The highest BCUT2D eigenvalue weighted by atomic mass is 31.2. The molecule has 5 unspecified atom stereocenters. The van der Waals surface area contributed by atoms with Crippen molar-refractivity contribution in [2.24, 2.45) is 23.7 Å². The quantitative estimate of drug-likeness (QED) is 0.0222. The zero-order valence-electron chi connectivity index (χ0n) is 53.8. The monoisotopic (exact) mass is 1230 g/mol. The highest BCUT2D eigenvalue weighted by Crippen LogP contribution is 2.45. The number of esters is 4. The molecule has 3 N–H and O–H groups in total. The van der Waals surface area contributed by atoms with Gasteiger partial charge in [-0.3, -0.25) is 37.3 Å². The number of carbonyl (C=O) groups is 4. The summed E-state index contributed by atoms with van der Waals surface area (Å²) in [7, 11) is -9.89. The van der Waals surface area contributed by atoms with Crippen molar-refractivity contribution in [1.29, 1.82) is 0 Å². The SMILES string of the molecule is CCC(C)CCCCCCCCCCC(=O)O[C@H](COC(=O)CCCCCCCCC(C)C)COP(=O)(O)OC[C@@H](O)COP(=O)(O)OC[C@@H](COC(=O)CCCCCCCCC(C)CC)OC(=O)CCCCCCCCCCC(C)CC. The van der Waals surface area contributed by atoms with E-state index in [1.165, 1.54) is 96.3 Å². The first-order chi connectivity index (χ1) is 39.7. The largest absolute Gasteiger partial charge is 0.472 e. The second-order valence-corrected chi connectivity index (χ2v) is 27.3. The van der Waals surface area contributed by atoms with Crippen molar-refractivity contribution in [3.05, 3.63) is 0 Å². The van der Waals surface area contributed by atoms with Crippen molar-refractivity contribution in [2.75, 3.05) is 39.6 Å². The van der Waals surface area contributed by atoms with Crippen LogP contribution in [0.2, 0.25) is 0 Å². The van der Waals surface area contributed by atoms with Crippen LogP contribution in [0.1, 0.15) is 306 Å². The molecule has 0 aromatic heterocycles. The van der Waals surface area contributed by atoms with Gasteiger partial charge >= 0.3 is 39.5 Å². The molecule has 0 aliphatic heterocycles. The van der Waals surface area contributed by atoms with Crippen molar-refractivity contribution in [3.8, 4) is 0 Å². The first-order valence-electron chi connectivity index (χ1n) is 33.3. The Morgan fingerprint density at radius 2 is 0.578 bits per heavy atom. The van der Waals surface area contributed by atoms with Gasteiger partial charge in [0.1, 0.15) is 19.3 Å². The lowest BCUT2D eigenvalue weighted by atomic mass is 9.99. The van der Waals surface area contributed by atoms with E-state index in [1.807, 2.05) is 0 Å². The van der Waals surface area contributed by atoms with E-state index in [4.69, 9.17) is 37.0 Å². The van der Waals surface area contributed by atoms with Crippen molar-refractivity contribution >= 4 is 39.5 Å². The Balaban J connectivity index is 5.27. The molecule has 0 fully saturated rings. The third kappa shape index (κ3) is 55.1. The number of rotatable bonds is 61. The number of aliphatic hydroxyl groups is 1. The third-order valence-electron chi connectivity index (χ3n) is 15.7. The fourth-order valence-electron chi connectivity index (χ4n) is 9.33. The Hall–Kier alpha value is -1.94. The number of ether oxygens (including phenoxy) is 4. The number of phosphoric ester groups is 2. The lowest BCUT2D eigenvalue weighted by Crippen LogP contribution is -2.30. The van der Waals surface area contributed by atoms with Crippen LogP contribution in [0, 0.1) is 23.7 Å². The number of hydrogen-bond acceptors (Lipinski definition) is 15. The number of hydrogen-bond donors (Lipinski definition) is 3. The molecule has 0 aromatic carbocycles. The lowest BCUT2D eigenvalue weighted by molar-refractivity contribution is -0.161. The third-order valence-corrected chi connectivity index (χ3v) is 17.6. The number of aliphatic hydroxyl groups excluding tert-OH is 1. The molecule has 0 saturated carbocycles. The number of phosphoric acid groups is 2. The molecule has 83 heavy (non-hydrogen) atoms. The zero-order valence-corrected chi connectivity index (χ0v) is 55.6. The van der Waals surface area contributed by atoms with Gasteiger partial charge in [0, 0.05) is 25.7 Å². The first-order valence-corrected chi connectivity index (χ1v) is 36.3. The van der Waals surface area contributed by atoms with Gasteiger partial charge in [-0.15, -0.1) is 0 Å². The van der Waals surface area contributed by atoms with Crippen LogP contribution in [0.15, 0.2) is 0 Å². The molecule has 492 valence electrons. The maximum atomic E-state index is 13.0. The molecule has 0 spiro atoms. The summed E-state index contributed by atoms with van der Waals surface area (Å²) in [6.45, 7) is 14.0. The minimum atomic E-state index is -4.95. The number of carbonyl (C=O) groups excluding carboxylic acids is 4. The summed E-state index contributed by atoms with van der Waals surface area (Å²) in [5.74, 6) is 0.806. The van der Waals surface area contributed by atoms with Gasteiger partial charge < -0.3 is 33.8 Å². The van der Waals surface area contributed by atoms with Crippen molar-refractivity contribution in [3.63, 3.8) is 0 Å².